The second kappa shape index (κ2) is 8.62. The molecular weight excluding hydrogens is 366 g/mol. The molecule has 0 spiro atoms. The van der Waals surface area contributed by atoms with Crippen molar-refractivity contribution in [2.45, 2.75) is 17.5 Å². The minimum Gasteiger partial charge on any atom is -0.379 e. The molecule has 3 rings (SSSR count). The Morgan fingerprint density at radius 1 is 1.07 bits per heavy atom. The molecule has 1 heterocycles. The van der Waals surface area contributed by atoms with Crippen molar-refractivity contribution in [3.63, 3.8) is 0 Å². The summed E-state index contributed by atoms with van der Waals surface area (Å²) in [6.07, 6.45) is 0. The van der Waals surface area contributed by atoms with Crippen LogP contribution in [0.3, 0.4) is 0 Å². The molecule has 0 aromatic heterocycles. The number of nitrogens with zero attached hydrogens (tertiary/aromatic N) is 1. The number of nitrogens with two attached hydrogens (primary N) is 1. The van der Waals surface area contributed by atoms with Gasteiger partial charge in [-0.2, -0.15) is 4.31 Å². The van der Waals surface area contributed by atoms with E-state index in [4.69, 9.17) is 10.5 Å². The molecule has 1 atom stereocenters. The number of rotatable bonds is 7. The van der Waals surface area contributed by atoms with E-state index in [1.807, 2.05) is 18.2 Å². The molecule has 1 saturated heterocycles. The van der Waals surface area contributed by atoms with Gasteiger partial charge in [-0.3, -0.25) is 10.1 Å². The van der Waals surface area contributed by atoms with Crippen LogP contribution in [-0.2, 0) is 26.1 Å². The lowest BCUT2D eigenvalue weighted by molar-refractivity contribution is -0.120. The molecule has 1 aliphatic rings. The number of benzene rings is 2. The van der Waals surface area contributed by atoms with E-state index in [0.717, 1.165) is 5.56 Å². The molecule has 2 aromatic carbocycles. The Balaban J connectivity index is 1.82. The van der Waals surface area contributed by atoms with Crippen LogP contribution >= 0.6 is 0 Å². The lowest BCUT2D eigenvalue weighted by atomic mass is 10.1. The van der Waals surface area contributed by atoms with E-state index in [1.165, 1.54) is 4.31 Å². The van der Waals surface area contributed by atoms with Crippen LogP contribution in [0, 0.1) is 0 Å². The quantitative estimate of drug-likeness (QED) is 0.736. The number of carbonyl (C=O) groups is 1. The Morgan fingerprint density at radius 3 is 2.37 bits per heavy atom. The Morgan fingerprint density at radius 2 is 1.70 bits per heavy atom. The normalized spacial score (nSPS) is 16.7. The molecule has 0 saturated carbocycles. The van der Waals surface area contributed by atoms with Gasteiger partial charge in [0, 0.05) is 19.6 Å². The van der Waals surface area contributed by atoms with Crippen LogP contribution in [0.4, 0.5) is 0 Å². The van der Waals surface area contributed by atoms with Crippen molar-refractivity contribution >= 4 is 15.9 Å². The molecule has 1 fully saturated rings. The van der Waals surface area contributed by atoms with Crippen molar-refractivity contribution in [2.75, 3.05) is 26.3 Å². The number of ether oxygens (including phenoxy) is 1. The summed E-state index contributed by atoms with van der Waals surface area (Å²) >= 11 is 0. The summed E-state index contributed by atoms with van der Waals surface area (Å²) in [4.78, 5) is 12.1. The largest absolute Gasteiger partial charge is 0.379 e. The van der Waals surface area contributed by atoms with Gasteiger partial charge in [-0.15, -0.1) is 0 Å². The summed E-state index contributed by atoms with van der Waals surface area (Å²) in [5, 5.41) is 3.08. The number of morpholine rings is 1. The first-order chi connectivity index (χ1) is 13.0. The first kappa shape index (κ1) is 19.5. The van der Waals surface area contributed by atoms with E-state index in [0.29, 0.717) is 31.9 Å². The Labute approximate surface area is 159 Å². The Bertz CT molecular complexity index is 881. The van der Waals surface area contributed by atoms with Crippen LogP contribution in [0.2, 0.25) is 0 Å². The van der Waals surface area contributed by atoms with Crippen LogP contribution in [0.15, 0.2) is 59.5 Å². The predicted octanol–water partition coefficient (Wildman–Crippen LogP) is 1.02. The van der Waals surface area contributed by atoms with Gasteiger partial charge < -0.3 is 10.5 Å². The molecule has 0 bridgehead atoms. The van der Waals surface area contributed by atoms with Crippen LogP contribution in [-0.4, -0.2) is 44.9 Å². The summed E-state index contributed by atoms with van der Waals surface area (Å²) < 4.78 is 32.7. The van der Waals surface area contributed by atoms with Gasteiger partial charge in [-0.25, -0.2) is 8.42 Å². The van der Waals surface area contributed by atoms with Crippen LogP contribution in [0.5, 0.6) is 0 Å². The summed E-state index contributed by atoms with van der Waals surface area (Å²) in [7, 11) is -3.63. The van der Waals surface area contributed by atoms with Gasteiger partial charge in [0.1, 0.15) is 6.04 Å². The average Bonchev–Trinajstić information content (AvgIpc) is 2.69. The van der Waals surface area contributed by atoms with Gasteiger partial charge >= 0.3 is 0 Å². The summed E-state index contributed by atoms with van der Waals surface area (Å²) in [6.45, 7) is 1.63. The lowest BCUT2D eigenvalue weighted by Crippen LogP contribution is -2.41. The Kier molecular flexibility index (Phi) is 6.22. The molecule has 0 aliphatic carbocycles. The van der Waals surface area contributed by atoms with Gasteiger partial charge in [0.25, 0.3) is 0 Å². The Hall–Kier alpha value is -2.26. The predicted molar refractivity (Wildman–Crippen MR) is 101 cm³/mol. The molecule has 0 unspecified atom stereocenters. The van der Waals surface area contributed by atoms with Gasteiger partial charge in [-0.05, 0) is 17.2 Å². The van der Waals surface area contributed by atoms with E-state index >= 15 is 0 Å². The molecule has 1 aliphatic heterocycles. The second-order valence-corrected chi connectivity index (χ2v) is 8.16. The number of carbonyl (C=O) groups excluding carboxylic acids is 1. The van der Waals surface area contributed by atoms with E-state index in [1.54, 1.807) is 36.4 Å². The van der Waals surface area contributed by atoms with Crippen molar-refractivity contribution < 1.29 is 17.9 Å². The third kappa shape index (κ3) is 4.54. The van der Waals surface area contributed by atoms with Gasteiger partial charge in [0.05, 0.1) is 18.1 Å². The van der Waals surface area contributed by atoms with Crippen LogP contribution in [0.1, 0.15) is 17.2 Å². The number of amides is 1. The van der Waals surface area contributed by atoms with Crippen LogP contribution < -0.4 is 11.1 Å². The van der Waals surface area contributed by atoms with E-state index in [2.05, 4.69) is 5.32 Å². The molecule has 0 radical (unpaired) electrons. The molecule has 8 heteroatoms. The SMILES string of the molecule is NC(=O)[C@@H](NCc1ccccc1S(=O)(=O)N1CCOCC1)c1ccccc1. The zero-order valence-electron chi connectivity index (χ0n) is 14.9. The van der Waals surface area contributed by atoms with Gasteiger partial charge in [0.15, 0.2) is 0 Å². The van der Waals surface area contributed by atoms with Crippen molar-refractivity contribution in [1.82, 2.24) is 9.62 Å². The highest BCUT2D eigenvalue weighted by molar-refractivity contribution is 7.89. The highest BCUT2D eigenvalue weighted by atomic mass is 32.2. The maximum atomic E-state index is 13.0. The van der Waals surface area contributed by atoms with Crippen molar-refractivity contribution in [1.29, 1.82) is 0 Å². The fourth-order valence-corrected chi connectivity index (χ4v) is 4.70. The number of nitrogens with one attached hydrogen (secondary N) is 1. The number of sulfonamides is 1. The number of hydrogen-bond donors (Lipinski definition) is 2. The smallest absolute Gasteiger partial charge is 0.243 e. The maximum absolute atomic E-state index is 13.0. The van der Waals surface area contributed by atoms with Crippen molar-refractivity contribution in [3.05, 3.63) is 65.7 Å². The summed E-state index contributed by atoms with van der Waals surface area (Å²) in [6, 6.07) is 15.2. The van der Waals surface area contributed by atoms with Crippen LogP contribution in [0.25, 0.3) is 0 Å². The summed E-state index contributed by atoms with van der Waals surface area (Å²) in [5.74, 6) is -0.519. The molecule has 3 N–H and O–H groups in total. The van der Waals surface area contributed by atoms with Gasteiger partial charge in [0.2, 0.25) is 15.9 Å². The highest BCUT2D eigenvalue weighted by Gasteiger charge is 2.28. The fraction of sp³-hybridized carbons (Fsp3) is 0.316. The number of primary amides is 1. The topological polar surface area (TPSA) is 102 Å². The maximum Gasteiger partial charge on any atom is 0.243 e. The van der Waals surface area contributed by atoms with E-state index in [9.17, 15) is 13.2 Å². The highest BCUT2D eigenvalue weighted by Crippen LogP contribution is 2.22. The molecule has 144 valence electrons. The lowest BCUT2D eigenvalue weighted by Gasteiger charge is -2.27. The minimum atomic E-state index is -3.63. The molecule has 7 nitrogen and oxygen atoms in total. The summed E-state index contributed by atoms with van der Waals surface area (Å²) in [5.41, 5.74) is 6.86. The zero-order valence-corrected chi connectivity index (χ0v) is 15.7. The first-order valence-corrected chi connectivity index (χ1v) is 10.2. The van der Waals surface area contributed by atoms with Crippen molar-refractivity contribution in [3.8, 4) is 0 Å². The third-order valence-electron chi connectivity index (χ3n) is 4.47. The second-order valence-electron chi connectivity index (χ2n) is 6.25. The van der Waals surface area contributed by atoms with E-state index < -0.39 is 22.0 Å². The molecule has 2 aromatic rings. The van der Waals surface area contributed by atoms with E-state index in [-0.39, 0.29) is 11.4 Å². The minimum absolute atomic E-state index is 0.197. The standard InChI is InChI=1S/C19H23N3O4S/c20-19(23)18(15-6-2-1-3-7-15)21-14-16-8-4-5-9-17(16)27(24,25)22-10-12-26-13-11-22/h1-9,18,21H,10-14H2,(H2,20,23)/t18-/m0/s1. The molecular formula is C19H23N3O4S. The first-order valence-electron chi connectivity index (χ1n) is 8.73. The third-order valence-corrected chi connectivity index (χ3v) is 6.47. The average molecular weight is 389 g/mol. The molecule has 1 amide bonds. The molecule has 27 heavy (non-hydrogen) atoms. The van der Waals surface area contributed by atoms with Crippen molar-refractivity contribution in [2.24, 2.45) is 5.73 Å². The monoisotopic (exact) mass is 389 g/mol. The number of hydrogen-bond acceptors (Lipinski definition) is 5. The zero-order chi connectivity index (χ0) is 19.3. The van der Waals surface area contributed by atoms with Gasteiger partial charge in [-0.1, -0.05) is 48.5 Å². The fourth-order valence-electron chi connectivity index (χ4n) is 3.07.